The molecule has 0 saturated heterocycles. The van der Waals surface area contributed by atoms with Crippen molar-refractivity contribution in [2.24, 2.45) is 0 Å². The minimum absolute atomic E-state index is 0.207. The molecule has 0 aromatic heterocycles. The van der Waals surface area contributed by atoms with E-state index in [-0.39, 0.29) is 6.10 Å². The lowest BCUT2D eigenvalue weighted by Crippen LogP contribution is -2.06. The van der Waals surface area contributed by atoms with Gasteiger partial charge in [-0.15, -0.1) is 0 Å². The van der Waals surface area contributed by atoms with Crippen LogP contribution in [0.25, 0.3) is 0 Å². The van der Waals surface area contributed by atoms with E-state index >= 15 is 0 Å². The zero-order chi connectivity index (χ0) is 10.7. The van der Waals surface area contributed by atoms with Crippen LogP contribution in [0, 0.1) is 0 Å². The molecule has 1 aromatic carbocycles. The molecule has 0 aliphatic rings. The van der Waals surface area contributed by atoms with Gasteiger partial charge < -0.3 is 10.5 Å². The first-order valence-corrected chi connectivity index (χ1v) is 5.06. The minimum Gasteiger partial charge on any atom is -0.491 e. The third-order valence-electron chi connectivity index (χ3n) is 2.05. The summed E-state index contributed by atoms with van der Waals surface area (Å²) >= 11 is 0. The lowest BCUT2D eigenvalue weighted by Gasteiger charge is -2.14. The summed E-state index contributed by atoms with van der Waals surface area (Å²) in [4.78, 5) is 0. The second-order valence-corrected chi connectivity index (χ2v) is 4.11. The first-order valence-electron chi connectivity index (χ1n) is 5.06. The van der Waals surface area contributed by atoms with Crippen molar-refractivity contribution in [3.63, 3.8) is 0 Å². The molecule has 0 spiro atoms. The summed E-state index contributed by atoms with van der Waals surface area (Å²) < 4.78 is 5.60. The summed E-state index contributed by atoms with van der Waals surface area (Å²) in [5.74, 6) is 1.34. The highest BCUT2D eigenvalue weighted by atomic mass is 16.5. The molecule has 2 N–H and O–H groups in total. The molecule has 0 unspecified atom stereocenters. The number of anilines is 1. The van der Waals surface area contributed by atoms with Crippen molar-refractivity contribution in [3.8, 4) is 5.75 Å². The van der Waals surface area contributed by atoms with Gasteiger partial charge in [0.05, 0.1) is 6.10 Å². The van der Waals surface area contributed by atoms with Gasteiger partial charge in [0.2, 0.25) is 0 Å². The van der Waals surface area contributed by atoms with Crippen molar-refractivity contribution in [2.45, 2.75) is 39.7 Å². The van der Waals surface area contributed by atoms with Crippen molar-refractivity contribution in [1.82, 2.24) is 0 Å². The summed E-state index contributed by atoms with van der Waals surface area (Å²) in [7, 11) is 0. The Hall–Kier alpha value is -1.18. The number of nitrogen functional groups attached to an aromatic ring is 1. The first-order chi connectivity index (χ1) is 6.50. The van der Waals surface area contributed by atoms with E-state index in [0.717, 1.165) is 17.0 Å². The third kappa shape index (κ3) is 2.66. The molecule has 1 aromatic rings. The molecular weight excluding hydrogens is 174 g/mol. The number of rotatable bonds is 3. The second kappa shape index (κ2) is 4.36. The molecule has 0 saturated carbocycles. The Morgan fingerprint density at radius 1 is 1.14 bits per heavy atom. The van der Waals surface area contributed by atoms with Crippen LogP contribution in [0.4, 0.5) is 5.69 Å². The predicted molar refractivity (Wildman–Crippen MR) is 60.7 cm³/mol. The van der Waals surface area contributed by atoms with Gasteiger partial charge in [-0.1, -0.05) is 13.8 Å². The molecular formula is C12H19NO. The minimum atomic E-state index is 0.207. The highest BCUT2D eigenvalue weighted by Crippen LogP contribution is 2.26. The van der Waals surface area contributed by atoms with E-state index < -0.39 is 0 Å². The van der Waals surface area contributed by atoms with Crippen LogP contribution < -0.4 is 10.5 Å². The number of benzene rings is 1. The lowest BCUT2D eigenvalue weighted by molar-refractivity contribution is 0.242. The Bertz CT molecular complexity index is 305. The predicted octanol–water partition coefficient (Wildman–Crippen LogP) is 3.18. The van der Waals surface area contributed by atoms with Gasteiger partial charge in [-0.05, 0) is 43.5 Å². The third-order valence-corrected chi connectivity index (χ3v) is 2.05. The van der Waals surface area contributed by atoms with Gasteiger partial charge in [0.15, 0.2) is 0 Å². The van der Waals surface area contributed by atoms with Gasteiger partial charge in [0, 0.05) is 5.69 Å². The van der Waals surface area contributed by atoms with Gasteiger partial charge in [0.1, 0.15) is 5.75 Å². The van der Waals surface area contributed by atoms with Crippen LogP contribution in [-0.2, 0) is 0 Å². The van der Waals surface area contributed by atoms with Gasteiger partial charge in [0.25, 0.3) is 0 Å². The molecule has 1 rings (SSSR count). The van der Waals surface area contributed by atoms with E-state index in [1.807, 2.05) is 32.0 Å². The molecule has 78 valence electrons. The second-order valence-electron chi connectivity index (χ2n) is 4.11. The SMILES string of the molecule is CC(C)Oc1ccc(N)c(C(C)C)c1. The van der Waals surface area contributed by atoms with Gasteiger partial charge in [-0.25, -0.2) is 0 Å². The van der Waals surface area contributed by atoms with Crippen LogP contribution in [0.15, 0.2) is 18.2 Å². The van der Waals surface area contributed by atoms with Gasteiger partial charge >= 0.3 is 0 Å². The Morgan fingerprint density at radius 3 is 2.29 bits per heavy atom. The van der Waals surface area contributed by atoms with E-state index in [1.165, 1.54) is 0 Å². The summed E-state index contributed by atoms with van der Waals surface area (Å²) in [6, 6.07) is 5.86. The van der Waals surface area contributed by atoms with Crippen molar-refractivity contribution in [1.29, 1.82) is 0 Å². The molecule has 0 aliphatic heterocycles. The number of hydrogen-bond donors (Lipinski definition) is 1. The quantitative estimate of drug-likeness (QED) is 0.748. The summed E-state index contributed by atoms with van der Waals surface area (Å²) in [6.07, 6.45) is 0.207. The zero-order valence-electron chi connectivity index (χ0n) is 9.37. The van der Waals surface area contributed by atoms with E-state index in [0.29, 0.717) is 5.92 Å². The highest BCUT2D eigenvalue weighted by Gasteiger charge is 2.06. The number of nitrogens with two attached hydrogens (primary N) is 1. The Labute approximate surface area is 86.1 Å². The maximum absolute atomic E-state index is 5.87. The van der Waals surface area contributed by atoms with Crippen LogP contribution >= 0.6 is 0 Å². The molecule has 0 amide bonds. The monoisotopic (exact) mass is 193 g/mol. The number of ether oxygens (including phenoxy) is 1. The van der Waals surface area contributed by atoms with Crippen molar-refractivity contribution < 1.29 is 4.74 Å². The fourth-order valence-corrected chi connectivity index (χ4v) is 1.40. The average molecular weight is 193 g/mol. The van der Waals surface area contributed by atoms with E-state index in [4.69, 9.17) is 10.5 Å². The summed E-state index contributed by atoms with van der Waals surface area (Å²) in [5.41, 5.74) is 7.86. The molecule has 2 heteroatoms. The Kier molecular flexibility index (Phi) is 3.39. The van der Waals surface area contributed by atoms with E-state index in [1.54, 1.807) is 0 Å². The van der Waals surface area contributed by atoms with Crippen LogP contribution in [0.1, 0.15) is 39.2 Å². The maximum Gasteiger partial charge on any atom is 0.120 e. The topological polar surface area (TPSA) is 35.2 Å². The van der Waals surface area contributed by atoms with Gasteiger partial charge in [-0.2, -0.15) is 0 Å². The van der Waals surface area contributed by atoms with Crippen molar-refractivity contribution >= 4 is 5.69 Å². The maximum atomic E-state index is 5.87. The van der Waals surface area contributed by atoms with Crippen LogP contribution in [-0.4, -0.2) is 6.10 Å². The van der Waals surface area contributed by atoms with Crippen LogP contribution in [0.2, 0.25) is 0 Å². The molecule has 2 nitrogen and oxygen atoms in total. The molecule has 0 aliphatic carbocycles. The lowest BCUT2D eigenvalue weighted by atomic mass is 10.0. The van der Waals surface area contributed by atoms with Gasteiger partial charge in [-0.3, -0.25) is 0 Å². The highest BCUT2D eigenvalue weighted by molar-refractivity contribution is 5.51. The molecule has 14 heavy (non-hydrogen) atoms. The fourth-order valence-electron chi connectivity index (χ4n) is 1.40. The zero-order valence-corrected chi connectivity index (χ0v) is 9.37. The molecule has 0 bridgehead atoms. The van der Waals surface area contributed by atoms with Crippen LogP contribution in [0.5, 0.6) is 5.75 Å². The largest absolute Gasteiger partial charge is 0.491 e. The molecule has 0 radical (unpaired) electrons. The average Bonchev–Trinajstić information content (AvgIpc) is 2.07. The standard InChI is InChI=1S/C12H19NO/c1-8(2)11-7-10(14-9(3)4)5-6-12(11)13/h5-9H,13H2,1-4H3. The Balaban J connectivity index is 2.94. The molecule has 0 heterocycles. The van der Waals surface area contributed by atoms with Crippen LogP contribution in [0.3, 0.4) is 0 Å². The normalized spacial score (nSPS) is 11.0. The summed E-state index contributed by atoms with van der Waals surface area (Å²) in [6.45, 7) is 8.30. The van der Waals surface area contributed by atoms with E-state index in [9.17, 15) is 0 Å². The molecule has 0 fully saturated rings. The van der Waals surface area contributed by atoms with E-state index in [2.05, 4.69) is 13.8 Å². The first kappa shape index (κ1) is 10.9. The fraction of sp³-hybridized carbons (Fsp3) is 0.500. The smallest absolute Gasteiger partial charge is 0.120 e. The summed E-state index contributed by atoms with van der Waals surface area (Å²) in [5, 5.41) is 0. The number of hydrogen-bond acceptors (Lipinski definition) is 2. The van der Waals surface area contributed by atoms with Crippen molar-refractivity contribution in [3.05, 3.63) is 23.8 Å². The van der Waals surface area contributed by atoms with Crippen molar-refractivity contribution in [2.75, 3.05) is 5.73 Å². The Morgan fingerprint density at radius 2 is 1.79 bits per heavy atom. The molecule has 0 atom stereocenters.